The highest BCUT2D eigenvalue weighted by molar-refractivity contribution is 5.52. The van der Waals surface area contributed by atoms with Gasteiger partial charge in [-0.05, 0) is 17.7 Å². The summed E-state index contributed by atoms with van der Waals surface area (Å²) in [5.74, 6) is 1.30. The molecule has 0 amide bonds. The van der Waals surface area contributed by atoms with Gasteiger partial charge >= 0.3 is 0 Å². The first-order valence-corrected chi connectivity index (χ1v) is 8.23. The van der Waals surface area contributed by atoms with Crippen molar-refractivity contribution in [1.82, 2.24) is 40.0 Å². The summed E-state index contributed by atoms with van der Waals surface area (Å²) in [6.07, 6.45) is 1.83. The number of halogens is 1. The third-order valence-corrected chi connectivity index (χ3v) is 4.02. The Bertz CT molecular complexity index is 1070. The van der Waals surface area contributed by atoms with Gasteiger partial charge in [-0.25, -0.2) is 14.1 Å². The Labute approximate surface area is 153 Å². The maximum Gasteiger partial charge on any atom is 0.185 e. The molecule has 27 heavy (non-hydrogen) atoms. The zero-order valence-corrected chi connectivity index (χ0v) is 14.8. The average Bonchev–Trinajstić information content (AvgIpc) is 3.37. The molecule has 0 atom stereocenters. The quantitative estimate of drug-likeness (QED) is 0.556. The van der Waals surface area contributed by atoms with Crippen LogP contribution in [0.15, 0.2) is 36.5 Å². The molecule has 3 heterocycles. The first kappa shape index (κ1) is 17.0. The van der Waals surface area contributed by atoms with Gasteiger partial charge in [0.2, 0.25) is 0 Å². The summed E-state index contributed by atoms with van der Waals surface area (Å²) < 4.78 is 22.3. The molecule has 1 aromatic carbocycles. The number of methoxy groups -OCH3 is 1. The number of hydrogen-bond donors (Lipinski definition) is 1. The molecule has 1 N–H and O–H groups in total. The minimum Gasteiger partial charge on any atom is -0.378 e. The van der Waals surface area contributed by atoms with Gasteiger partial charge in [0.1, 0.15) is 11.5 Å². The highest BCUT2D eigenvalue weighted by Crippen LogP contribution is 2.21. The Morgan fingerprint density at radius 3 is 2.85 bits per heavy atom. The second-order valence-corrected chi connectivity index (χ2v) is 5.96. The number of nitrogens with one attached hydrogen (secondary N) is 1. The first-order valence-electron chi connectivity index (χ1n) is 8.23. The lowest BCUT2D eigenvalue weighted by molar-refractivity contribution is 0.181. The SMILES string of the molecule is COCc1cc(-c2nc(Cc3ccccc3F)nn2-c2cnnn2C)n[nH]1. The van der Waals surface area contributed by atoms with E-state index < -0.39 is 0 Å². The fourth-order valence-electron chi connectivity index (χ4n) is 2.75. The summed E-state index contributed by atoms with van der Waals surface area (Å²) in [6, 6.07) is 8.40. The van der Waals surface area contributed by atoms with Gasteiger partial charge in [-0.15, -0.1) is 10.2 Å². The summed E-state index contributed by atoms with van der Waals surface area (Å²) in [5, 5.41) is 19.6. The van der Waals surface area contributed by atoms with Crippen LogP contribution in [0.2, 0.25) is 0 Å². The number of nitrogens with zero attached hydrogens (tertiary/aromatic N) is 7. The molecule has 0 aliphatic carbocycles. The van der Waals surface area contributed by atoms with E-state index in [9.17, 15) is 4.39 Å². The van der Waals surface area contributed by atoms with Crippen molar-refractivity contribution in [1.29, 1.82) is 0 Å². The summed E-state index contributed by atoms with van der Waals surface area (Å²) in [7, 11) is 3.36. The molecule has 0 bridgehead atoms. The lowest BCUT2D eigenvalue weighted by Gasteiger charge is -2.02. The minimum absolute atomic E-state index is 0.257. The molecule has 138 valence electrons. The second-order valence-electron chi connectivity index (χ2n) is 5.96. The third-order valence-electron chi connectivity index (χ3n) is 4.02. The van der Waals surface area contributed by atoms with Crippen molar-refractivity contribution in [3.63, 3.8) is 0 Å². The Hall–Kier alpha value is -3.40. The fraction of sp³-hybridized carbons (Fsp3) is 0.235. The monoisotopic (exact) mass is 368 g/mol. The molecule has 0 saturated carbocycles. The molecule has 9 nitrogen and oxygen atoms in total. The van der Waals surface area contributed by atoms with E-state index in [1.54, 1.807) is 47.9 Å². The molecule has 0 aliphatic rings. The number of ether oxygens (including phenoxy) is 1. The standard InChI is InChI=1S/C17H17FN8O/c1-25-16(9-19-24-25)26-17(14-8-12(10-27-2)21-22-14)20-15(23-26)7-11-5-3-4-6-13(11)18/h3-6,8-9H,7,10H2,1-2H3,(H,21,22). The lowest BCUT2D eigenvalue weighted by Crippen LogP contribution is -2.06. The number of aryl methyl sites for hydroxylation is 1. The maximum atomic E-state index is 14.0. The van der Waals surface area contributed by atoms with Crippen LogP contribution in [0.1, 0.15) is 17.1 Å². The molecule has 10 heteroatoms. The number of H-pyrrole nitrogens is 1. The van der Waals surface area contributed by atoms with Crippen LogP contribution in [0, 0.1) is 5.82 Å². The third kappa shape index (κ3) is 3.34. The van der Waals surface area contributed by atoms with Gasteiger partial charge < -0.3 is 4.74 Å². The molecule has 0 spiro atoms. The highest BCUT2D eigenvalue weighted by atomic mass is 19.1. The van der Waals surface area contributed by atoms with Gasteiger partial charge in [0.15, 0.2) is 17.5 Å². The zero-order valence-electron chi connectivity index (χ0n) is 14.8. The van der Waals surface area contributed by atoms with E-state index in [0.717, 1.165) is 5.69 Å². The lowest BCUT2D eigenvalue weighted by atomic mass is 10.1. The van der Waals surface area contributed by atoms with Crippen molar-refractivity contribution >= 4 is 0 Å². The Morgan fingerprint density at radius 2 is 2.11 bits per heavy atom. The van der Waals surface area contributed by atoms with Crippen molar-refractivity contribution in [2.45, 2.75) is 13.0 Å². The van der Waals surface area contributed by atoms with Crippen LogP contribution in [0.4, 0.5) is 4.39 Å². The van der Waals surface area contributed by atoms with Crippen LogP contribution in [-0.4, -0.2) is 47.1 Å². The van der Waals surface area contributed by atoms with Crippen molar-refractivity contribution in [2.24, 2.45) is 7.05 Å². The smallest absolute Gasteiger partial charge is 0.185 e. The van der Waals surface area contributed by atoms with Crippen LogP contribution in [0.3, 0.4) is 0 Å². The van der Waals surface area contributed by atoms with Gasteiger partial charge in [0.05, 0.1) is 18.5 Å². The molecule has 4 aromatic rings. The molecule has 0 aliphatic heterocycles. The Balaban J connectivity index is 1.77. The van der Waals surface area contributed by atoms with Crippen molar-refractivity contribution < 1.29 is 9.13 Å². The Kier molecular flexibility index (Phi) is 4.47. The maximum absolute atomic E-state index is 14.0. The second kappa shape index (κ2) is 7.08. The molecular formula is C17H17FN8O. The normalized spacial score (nSPS) is 11.2. The number of hydrogen-bond acceptors (Lipinski definition) is 6. The van der Waals surface area contributed by atoms with Crippen molar-refractivity contribution in [3.8, 4) is 17.3 Å². The molecular weight excluding hydrogens is 351 g/mol. The van der Waals surface area contributed by atoms with E-state index in [0.29, 0.717) is 35.3 Å². The fourth-order valence-corrected chi connectivity index (χ4v) is 2.75. The topological polar surface area (TPSA) is 99.3 Å². The van der Waals surface area contributed by atoms with Gasteiger partial charge in [0.25, 0.3) is 0 Å². The van der Waals surface area contributed by atoms with Crippen LogP contribution in [0.25, 0.3) is 17.3 Å². The van der Waals surface area contributed by atoms with Crippen LogP contribution in [0.5, 0.6) is 0 Å². The van der Waals surface area contributed by atoms with E-state index in [1.807, 2.05) is 6.07 Å². The van der Waals surface area contributed by atoms with Gasteiger partial charge in [-0.2, -0.15) is 9.78 Å². The molecule has 0 saturated heterocycles. The van der Waals surface area contributed by atoms with Crippen LogP contribution < -0.4 is 0 Å². The van der Waals surface area contributed by atoms with Gasteiger partial charge in [0, 0.05) is 20.6 Å². The summed E-state index contributed by atoms with van der Waals surface area (Å²) in [6.45, 7) is 0.399. The number of aromatic nitrogens is 8. The summed E-state index contributed by atoms with van der Waals surface area (Å²) in [5.41, 5.74) is 1.92. The van der Waals surface area contributed by atoms with Crippen LogP contribution >= 0.6 is 0 Å². The van der Waals surface area contributed by atoms with Gasteiger partial charge in [-0.3, -0.25) is 5.10 Å². The predicted octanol–water partition coefficient (Wildman–Crippen LogP) is 1.66. The van der Waals surface area contributed by atoms with E-state index in [2.05, 4.69) is 30.6 Å². The van der Waals surface area contributed by atoms with E-state index in [1.165, 1.54) is 6.07 Å². The number of aromatic amines is 1. The largest absolute Gasteiger partial charge is 0.378 e. The summed E-state index contributed by atoms with van der Waals surface area (Å²) >= 11 is 0. The highest BCUT2D eigenvalue weighted by Gasteiger charge is 2.19. The minimum atomic E-state index is -0.292. The number of rotatable bonds is 6. The molecule has 3 aromatic heterocycles. The van der Waals surface area contributed by atoms with Crippen molar-refractivity contribution in [3.05, 3.63) is 59.4 Å². The molecule has 4 rings (SSSR count). The van der Waals surface area contributed by atoms with E-state index >= 15 is 0 Å². The molecule has 0 unspecified atom stereocenters. The molecule has 0 radical (unpaired) electrons. The number of benzene rings is 1. The predicted molar refractivity (Wildman–Crippen MR) is 93.4 cm³/mol. The van der Waals surface area contributed by atoms with Crippen LogP contribution in [-0.2, 0) is 24.8 Å². The Morgan fingerprint density at radius 1 is 1.26 bits per heavy atom. The van der Waals surface area contributed by atoms with Crippen molar-refractivity contribution in [2.75, 3.05) is 7.11 Å². The zero-order chi connectivity index (χ0) is 18.8. The average molecular weight is 368 g/mol. The van der Waals surface area contributed by atoms with E-state index in [-0.39, 0.29) is 12.2 Å². The van der Waals surface area contributed by atoms with E-state index in [4.69, 9.17) is 4.74 Å². The summed E-state index contributed by atoms with van der Waals surface area (Å²) in [4.78, 5) is 4.58. The van der Waals surface area contributed by atoms with Gasteiger partial charge in [-0.1, -0.05) is 23.4 Å². The molecule has 0 fully saturated rings. The first-order chi connectivity index (χ1) is 13.2.